The number of carbonyl (C=O) groups is 1. The van der Waals surface area contributed by atoms with E-state index in [9.17, 15) is 4.79 Å². The number of likely N-dealkylation sites (tertiary alicyclic amines) is 1. The minimum Gasteiger partial charge on any atom is -0.385 e. The average Bonchev–Trinajstić information content (AvgIpc) is 3.03. The first-order valence-electron chi connectivity index (χ1n) is 7.88. The predicted octanol–water partition coefficient (Wildman–Crippen LogP) is 2.72. The molecular weight excluding hydrogens is 374 g/mol. The molecule has 1 aliphatic heterocycles. The summed E-state index contributed by atoms with van der Waals surface area (Å²) in [5, 5.41) is 7.07. The fourth-order valence-corrected chi connectivity index (χ4v) is 2.80. The second kappa shape index (κ2) is 7.92. The molecule has 0 radical (unpaired) electrons. The molecule has 0 spiro atoms. The van der Waals surface area contributed by atoms with Crippen LogP contribution in [0.25, 0.3) is 11.3 Å². The molecule has 1 amide bonds. The van der Waals surface area contributed by atoms with E-state index in [1.54, 1.807) is 18.1 Å². The molecule has 1 aromatic heterocycles. The van der Waals surface area contributed by atoms with E-state index >= 15 is 0 Å². The molecule has 24 heavy (non-hydrogen) atoms. The lowest BCUT2D eigenvalue weighted by atomic mass is 10.1. The van der Waals surface area contributed by atoms with Crippen molar-refractivity contribution in [2.45, 2.75) is 12.5 Å². The van der Waals surface area contributed by atoms with Crippen LogP contribution in [0.5, 0.6) is 0 Å². The van der Waals surface area contributed by atoms with E-state index in [-0.39, 0.29) is 12.0 Å². The second-order valence-corrected chi connectivity index (χ2v) is 6.64. The number of hydrogen-bond donors (Lipinski definition) is 1. The van der Waals surface area contributed by atoms with Crippen molar-refractivity contribution in [1.82, 2.24) is 15.1 Å². The van der Waals surface area contributed by atoms with E-state index in [1.807, 2.05) is 24.3 Å². The standard InChI is InChI=1S/C17H20BrN3O3/c1-23-7-2-8-24-14-10-21(11-14)17(22)16-9-15(19-20-16)12-3-5-13(18)6-4-12/h3-6,9,14H,2,7-8,10-11H2,1H3,(H,19,20). The Labute approximate surface area is 149 Å². The lowest BCUT2D eigenvalue weighted by Gasteiger charge is -2.38. The van der Waals surface area contributed by atoms with Crippen molar-refractivity contribution in [3.05, 3.63) is 40.5 Å². The molecule has 2 heterocycles. The zero-order valence-electron chi connectivity index (χ0n) is 13.5. The van der Waals surface area contributed by atoms with Crippen molar-refractivity contribution < 1.29 is 14.3 Å². The summed E-state index contributed by atoms with van der Waals surface area (Å²) in [7, 11) is 1.68. The third-order valence-corrected chi connectivity index (χ3v) is 4.46. The van der Waals surface area contributed by atoms with Gasteiger partial charge in [0, 0.05) is 43.4 Å². The molecule has 7 heteroatoms. The molecule has 6 nitrogen and oxygen atoms in total. The molecule has 1 aliphatic rings. The highest BCUT2D eigenvalue weighted by Gasteiger charge is 2.32. The molecule has 1 saturated heterocycles. The number of ether oxygens (including phenoxy) is 2. The SMILES string of the molecule is COCCCOC1CN(C(=O)c2cc(-c3ccc(Br)cc3)n[nH]2)C1. The topological polar surface area (TPSA) is 67.5 Å². The fraction of sp³-hybridized carbons (Fsp3) is 0.412. The number of hydrogen-bond acceptors (Lipinski definition) is 4. The molecule has 0 saturated carbocycles. The number of nitrogens with one attached hydrogen (secondary N) is 1. The van der Waals surface area contributed by atoms with Crippen molar-refractivity contribution in [1.29, 1.82) is 0 Å². The molecule has 3 rings (SSSR count). The number of methoxy groups -OCH3 is 1. The molecule has 0 aliphatic carbocycles. The van der Waals surface area contributed by atoms with E-state index in [4.69, 9.17) is 9.47 Å². The molecule has 0 atom stereocenters. The summed E-state index contributed by atoms with van der Waals surface area (Å²) in [6.07, 6.45) is 0.998. The van der Waals surface area contributed by atoms with Crippen LogP contribution in [-0.2, 0) is 9.47 Å². The van der Waals surface area contributed by atoms with Gasteiger partial charge < -0.3 is 14.4 Å². The first-order chi connectivity index (χ1) is 11.7. The maximum Gasteiger partial charge on any atom is 0.272 e. The summed E-state index contributed by atoms with van der Waals surface area (Å²) in [4.78, 5) is 14.2. The van der Waals surface area contributed by atoms with Crippen LogP contribution in [-0.4, -0.2) is 60.5 Å². The highest BCUT2D eigenvalue weighted by Crippen LogP contribution is 2.22. The minimum absolute atomic E-state index is 0.0393. The van der Waals surface area contributed by atoms with Crippen LogP contribution in [0, 0.1) is 0 Å². The van der Waals surface area contributed by atoms with Gasteiger partial charge in [-0.15, -0.1) is 0 Å². The molecule has 1 N–H and O–H groups in total. The van der Waals surface area contributed by atoms with Crippen LogP contribution in [0.2, 0.25) is 0 Å². The average molecular weight is 394 g/mol. The van der Waals surface area contributed by atoms with E-state index in [1.165, 1.54) is 0 Å². The Morgan fingerprint density at radius 2 is 2.08 bits per heavy atom. The Hall–Kier alpha value is -1.70. The highest BCUT2D eigenvalue weighted by molar-refractivity contribution is 9.10. The Kier molecular flexibility index (Phi) is 5.65. The van der Waals surface area contributed by atoms with Crippen LogP contribution in [0.3, 0.4) is 0 Å². The summed E-state index contributed by atoms with van der Waals surface area (Å²) in [6.45, 7) is 2.61. The summed E-state index contributed by atoms with van der Waals surface area (Å²) >= 11 is 3.41. The van der Waals surface area contributed by atoms with Crippen molar-refractivity contribution in [3.63, 3.8) is 0 Å². The number of H-pyrrole nitrogens is 1. The Morgan fingerprint density at radius 3 is 2.79 bits per heavy atom. The highest BCUT2D eigenvalue weighted by atomic mass is 79.9. The van der Waals surface area contributed by atoms with Crippen LogP contribution in [0.15, 0.2) is 34.8 Å². The Morgan fingerprint density at radius 1 is 1.33 bits per heavy atom. The summed E-state index contributed by atoms with van der Waals surface area (Å²) in [5.74, 6) is -0.0393. The molecule has 1 fully saturated rings. The minimum atomic E-state index is -0.0393. The Bertz CT molecular complexity index is 681. The monoisotopic (exact) mass is 393 g/mol. The second-order valence-electron chi connectivity index (χ2n) is 5.72. The van der Waals surface area contributed by atoms with E-state index in [0.717, 1.165) is 22.2 Å². The maximum atomic E-state index is 12.4. The molecule has 0 unspecified atom stereocenters. The third-order valence-electron chi connectivity index (χ3n) is 3.93. The third kappa shape index (κ3) is 4.03. The predicted molar refractivity (Wildman–Crippen MR) is 93.9 cm³/mol. The summed E-state index contributed by atoms with van der Waals surface area (Å²) in [5.41, 5.74) is 2.24. The van der Waals surface area contributed by atoms with Crippen LogP contribution in [0.4, 0.5) is 0 Å². The normalized spacial score (nSPS) is 14.7. The van der Waals surface area contributed by atoms with Gasteiger partial charge in [0.2, 0.25) is 0 Å². The lowest BCUT2D eigenvalue weighted by molar-refractivity contribution is -0.0466. The van der Waals surface area contributed by atoms with Crippen LogP contribution >= 0.6 is 15.9 Å². The number of aromatic amines is 1. The van der Waals surface area contributed by atoms with Gasteiger partial charge >= 0.3 is 0 Å². The lowest BCUT2D eigenvalue weighted by Crippen LogP contribution is -2.54. The number of rotatable bonds is 7. The number of halogens is 1. The van der Waals surface area contributed by atoms with Gasteiger partial charge in [-0.1, -0.05) is 28.1 Å². The number of aromatic nitrogens is 2. The van der Waals surface area contributed by atoms with Gasteiger partial charge in [0.05, 0.1) is 11.8 Å². The van der Waals surface area contributed by atoms with Gasteiger partial charge in [0.15, 0.2) is 0 Å². The zero-order chi connectivity index (χ0) is 16.9. The Balaban J connectivity index is 1.51. The fourth-order valence-electron chi connectivity index (χ4n) is 2.53. The number of carbonyl (C=O) groups excluding carboxylic acids is 1. The van der Waals surface area contributed by atoms with E-state index in [0.29, 0.717) is 32.0 Å². The van der Waals surface area contributed by atoms with Gasteiger partial charge in [-0.25, -0.2) is 0 Å². The molecule has 1 aromatic carbocycles. The number of nitrogens with zero attached hydrogens (tertiary/aromatic N) is 2. The smallest absolute Gasteiger partial charge is 0.272 e. The summed E-state index contributed by atoms with van der Waals surface area (Å²) in [6, 6.07) is 9.61. The van der Waals surface area contributed by atoms with Crippen molar-refractivity contribution in [2.75, 3.05) is 33.4 Å². The molecule has 0 bridgehead atoms. The molecule has 128 valence electrons. The van der Waals surface area contributed by atoms with Crippen molar-refractivity contribution >= 4 is 21.8 Å². The maximum absolute atomic E-state index is 12.4. The van der Waals surface area contributed by atoms with Crippen molar-refractivity contribution in [3.8, 4) is 11.3 Å². The van der Waals surface area contributed by atoms with E-state index in [2.05, 4.69) is 26.1 Å². The first kappa shape index (κ1) is 17.1. The number of benzene rings is 1. The molecular formula is C17H20BrN3O3. The van der Waals surface area contributed by atoms with Gasteiger partial charge in [0.1, 0.15) is 5.69 Å². The van der Waals surface area contributed by atoms with E-state index < -0.39 is 0 Å². The largest absolute Gasteiger partial charge is 0.385 e. The van der Waals surface area contributed by atoms with Crippen molar-refractivity contribution in [2.24, 2.45) is 0 Å². The quantitative estimate of drug-likeness (QED) is 0.734. The van der Waals surface area contributed by atoms with Gasteiger partial charge in [0.25, 0.3) is 5.91 Å². The van der Waals surface area contributed by atoms with Crippen LogP contribution < -0.4 is 0 Å². The zero-order valence-corrected chi connectivity index (χ0v) is 15.1. The molecule has 2 aromatic rings. The van der Waals surface area contributed by atoms with Gasteiger partial charge in [-0.05, 0) is 24.6 Å². The summed E-state index contributed by atoms with van der Waals surface area (Å²) < 4.78 is 11.7. The number of amides is 1. The van der Waals surface area contributed by atoms with Gasteiger partial charge in [-0.3, -0.25) is 9.89 Å². The van der Waals surface area contributed by atoms with Crippen LogP contribution in [0.1, 0.15) is 16.9 Å². The first-order valence-corrected chi connectivity index (χ1v) is 8.68. The van der Waals surface area contributed by atoms with Gasteiger partial charge in [-0.2, -0.15) is 5.10 Å².